The molecule has 1 atom stereocenters. The van der Waals surface area contributed by atoms with Crippen molar-refractivity contribution in [2.24, 2.45) is 0 Å². The van der Waals surface area contributed by atoms with Crippen LogP contribution in [0.25, 0.3) is 0 Å². The first-order valence-corrected chi connectivity index (χ1v) is 8.52. The summed E-state index contributed by atoms with van der Waals surface area (Å²) in [5, 5.41) is 3.11. The summed E-state index contributed by atoms with van der Waals surface area (Å²) < 4.78 is 11.6. The van der Waals surface area contributed by atoms with Crippen LogP contribution in [-0.4, -0.2) is 57.4 Å². The fourth-order valence-corrected chi connectivity index (χ4v) is 3.25. The Morgan fingerprint density at radius 2 is 1.80 bits per heavy atom. The monoisotopic (exact) mass is 343 g/mol. The van der Waals surface area contributed by atoms with Crippen molar-refractivity contribution in [1.82, 2.24) is 4.90 Å². The minimum Gasteiger partial charge on any atom is -0.486 e. The summed E-state index contributed by atoms with van der Waals surface area (Å²) >= 11 is 0. The maximum absolute atomic E-state index is 12.0. The summed E-state index contributed by atoms with van der Waals surface area (Å²) in [5.41, 5.74) is 0.108. The number of ether oxygens (including phenoxy) is 2. The largest absolute Gasteiger partial charge is 0.486 e. The van der Waals surface area contributed by atoms with E-state index in [0.29, 0.717) is 30.3 Å². The predicted octanol–water partition coefficient (Wildman–Crippen LogP) is 0.286. The number of piperazine rings is 1. The van der Waals surface area contributed by atoms with Crippen molar-refractivity contribution in [3.63, 3.8) is 0 Å². The number of hydrogen-bond acceptors (Lipinski definition) is 7. The Morgan fingerprint density at radius 1 is 1.08 bits per heavy atom. The molecule has 7 nitrogen and oxygen atoms in total. The number of para-hydroxylation sites is 2. The maximum atomic E-state index is 12.0. The van der Waals surface area contributed by atoms with Gasteiger partial charge in [-0.05, 0) is 19.2 Å². The van der Waals surface area contributed by atoms with Gasteiger partial charge in [-0.1, -0.05) is 12.1 Å². The Balaban J connectivity index is 1.42. The van der Waals surface area contributed by atoms with Gasteiger partial charge in [-0.2, -0.15) is 0 Å². The van der Waals surface area contributed by atoms with E-state index in [9.17, 15) is 9.59 Å². The summed E-state index contributed by atoms with van der Waals surface area (Å²) in [7, 11) is 2.05. The van der Waals surface area contributed by atoms with E-state index in [4.69, 9.17) is 9.47 Å². The van der Waals surface area contributed by atoms with Crippen LogP contribution in [0.3, 0.4) is 0 Å². The van der Waals surface area contributed by atoms with Gasteiger partial charge in [0.25, 0.3) is 10.9 Å². The molecule has 25 heavy (non-hydrogen) atoms. The van der Waals surface area contributed by atoms with Crippen LogP contribution in [-0.2, 0) is 0 Å². The minimum absolute atomic E-state index is 0.209. The quantitative estimate of drug-likeness (QED) is 0.800. The van der Waals surface area contributed by atoms with E-state index in [1.54, 1.807) is 0 Å². The van der Waals surface area contributed by atoms with E-state index in [1.165, 1.54) is 0 Å². The van der Waals surface area contributed by atoms with Gasteiger partial charge in [-0.3, -0.25) is 9.59 Å². The van der Waals surface area contributed by atoms with Crippen LogP contribution in [0.2, 0.25) is 0 Å². The average Bonchev–Trinajstić information content (AvgIpc) is 2.65. The lowest BCUT2D eigenvalue weighted by molar-refractivity contribution is 0.0997. The third kappa shape index (κ3) is 2.95. The third-order valence-corrected chi connectivity index (χ3v) is 4.78. The molecule has 1 saturated heterocycles. The number of fused-ring (bicyclic) bond motifs is 1. The fourth-order valence-electron chi connectivity index (χ4n) is 3.25. The number of rotatable bonds is 4. The van der Waals surface area contributed by atoms with E-state index in [0.717, 1.165) is 31.9 Å². The summed E-state index contributed by atoms with van der Waals surface area (Å²) in [5.74, 6) is 1.43. The van der Waals surface area contributed by atoms with Gasteiger partial charge in [0.05, 0.1) is 6.54 Å². The van der Waals surface area contributed by atoms with Crippen molar-refractivity contribution in [2.45, 2.75) is 6.10 Å². The Hall–Kier alpha value is -2.54. The lowest BCUT2D eigenvalue weighted by Crippen LogP contribution is -2.51. The highest BCUT2D eigenvalue weighted by molar-refractivity contribution is 5.75. The van der Waals surface area contributed by atoms with E-state index < -0.39 is 10.9 Å². The van der Waals surface area contributed by atoms with Gasteiger partial charge in [0.15, 0.2) is 11.5 Å². The van der Waals surface area contributed by atoms with Gasteiger partial charge in [0.1, 0.15) is 24.1 Å². The highest BCUT2D eigenvalue weighted by Crippen LogP contribution is 2.31. The van der Waals surface area contributed by atoms with Gasteiger partial charge in [-0.25, -0.2) is 0 Å². The molecule has 0 saturated carbocycles. The summed E-state index contributed by atoms with van der Waals surface area (Å²) in [6.07, 6.45) is -0.209. The molecule has 2 aromatic carbocycles. The van der Waals surface area contributed by atoms with E-state index in [2.05, 4.69) is 17.3 Å². The maximum Gasteiger partial charge on any atom is 0.253 e. The molecule has 1 N–H and O–H groups in total. The number of anilines is 2. The minimum atomic E-state index is -0.439. The molecule has 2 aromatic rings. The molecule has 0 bridgehead atoms. The lowest BCUT2D eigenvalue weighted by Gasteiger charge is -2.35. The zero-order valence-electron chi connectivity index (χ0n) is 14.2. The van der Waals surface area contributed by atoms with Gasteiger partial charge in [-0.15, -0.1) is 0 Å². The van der Waals surface area contributed by atoms with Gasteiger partial charge in [0.2, 0.25) is 0 Å². The number of nitrogens with one attached hydrogen (secondary N) is 1. The topological polar surface area (TPSA) is 71.1 Å². The second kappa shape index (κ2) is 6.40. The van der Waals surface area contributed by atoms with Crippen molar-refractivity contribution in [1.29, 1.82) is 0 Å². The molecule has 0 amide bonds. The fraction of sp³-hybridized carbons (Fsp3) is 0.444. The van der Waals surface area contributed by atoms with E-state index in [-0.39, 0.29) is 6.10 Å². The molecule has 1 fully saturated rings. The SMILES string of the molecule is CN1CCN(c2c(NC[C@H]3COc4ccccc4O3)c(=O)c2=O)CC1. The molecule has 0 unspecified atom stereocenters. The number of nitrogens with zero attached hydrogens (tertiary/aromatic N) is 2. The van der Waals surface area contributed by atoms with Gasteiger partial charge >= 0.3 is 0 Å². The summed E-state index contributed by atoms with van der Waals surface area (Å²) in [6, 6.07) is 7.50. The number of likely N-dealkylation sites (N-methyl/N-ethyl adjacent to an activating group) is 1. The van der Waals surface area contributed by atoms with Crippen molar-refractivity contribution in [3.05, 3.63) is 44.7 Å². The first-order chi connectivity index (χ1) is 12.1. The standard InChI is InChI=1S/C18H21N3O4/c1-20-6-8-21(9-7-20)16-15(17(22)18(16)23)19-10-12-11-24-13-4-2-3-5-14(13)25-12/h2-5,12,19H,6-11H2,1H3/t12-/m0/s1. The molecule has 0 aromatic heterocycles. The highest BCUT2D eigenvalue weighted by atomic mass is 16.6. The Morgan fingerprint density at radius 3 is 2.56 bits per heavy atom. The van der Waals surface area contributed by atoms with Crippen LogP contribution in [0.5, 0.6) is 11.5 Å². The number of benzene rings is 1. The van der Waals surface area contributed by atoms with E-state index >= 15 is 0 Å². The Labute approximate surface area is 145 Å². The highest BCUT2D eigenvalue weighted by Gasteiger charge is 2.29. The molecule has 4 rings (SSSR count). The van der Waals surface area contributed by atoms with Crippen LogP contribution in [0, 0.1) is 0 Å². The second-order valence-electron chi connectivity index (χ2n) is 6.55. The van der Waals surface area contributed by atoms with Crippen LogP contribution >= 0.6 is 0 Å². The Bertz CT molecular complexity index is 835. The Kier molecular flexibility index (Phi) is 4.09. The molecule has 2 aliphatic rings. The van der Waals surface area contributed by atoms with Gasteiger partial charge < -0.3 is 24.6 Å². The smallest absolute Gasteiger partial charge is 0.253 e. The summed E-state index contributed by atoms with van der Waals surface area (Å²) in [4.78, 5) is 28.2. The number of hydrogen-bond donors (Lipinski definition) is 1. The lowest BCUT2D eigenvalue weighted by atomic mass is 10.1. The van der Waals surface area contributed by atoms with Crippen LogP contribution < -0.4 is 30.5 Å². The van der Waals surface area contributed by atoms with Gasteiger partial charge in [0, 0.05) is 26.2 Å². The zero-order valence-corrected chi connectivity index (χ0v) is 14.2. The van der Waals surface area contributed by atoms with Crippen LogP contribution in [0.15, 0.2) is 33.9 Å². The summed E-state index contributed by atoms with van der Waals surface area (Å²) in [6.45, 7) is 4.10. The second-order valence-corrected chi connectivity index (χ2v) is 6.55. The molecule has 0 radical (unpaired) electrons. The van der Waals surface area contributed by atoms with Crippen molar-refractivity contribution < 1.29 is 9.47 Å². The van der Waals surface area contributed by atoms with Crippen LogP contribution in [0.1, 0.15) is 0 Å². The molecular weight excluding hydrogens is 322 g/mol. The molecule has 2 heterocycles. The average molecular weight is 343 g/mol. The first kappa shape index (κ1) is 16.0. The first-order valence-electron chi connectivity index (χ1n) is 8.52. The zero-order chi connectivity index (χ0) is 17.4. The molecule has 2 aliphatic heterocycles. The molecule has 0 aliphatic carbocycles. The van der Waals surface area contributed by atoms with Crippen molar-refractivity contribution >= 4 is 11.4 Å². The molecule has 0 spiro atoms. The van der Waals surface area contributed by atoms with Crippen LogP contribution in [0.4, 0.5) is 11.4 Å². The molecule has 132 valence electrons. The molecule has 7 heteroatoms. The van der Waals surface area contributed by atoms with Crippen molar-refractivity contribution in [3.8, 4) is 11.5 Å². The third-order valence-electron chi connectivity index (χ3n) is 4.78. The molecular formula is C18H21N3O4. The normalized spacial score (nSPS) is 20.7. The van der Waals surface area contributed by atoms with E-state index in [1.807, 2.05) is 29.2 Å². The van der Waals surface area contributed by atoms with Crippen molar-refractivity contribution in [2.75, 3.05) is 56.6 Å². The predicted molar refractivity (Wildman–Crippen MR) is 95.9 cm³/mol.